The van der Waals surface area contributed by atoms with Gasteiger partial charge in [0.25, 0.3) is 0 Å². The summed E-state index contributed by atoms with van der Waals surface area (Å²) in [5.74, 6) is 0.715. The van der Waals surface area contributed by atoms with E-state index in [1.165, 1.54) is 0 Å². The molecule has 0 aliphatic rings. The monoisotopic (exact) mass is 320 g/mol. The van der Waals surface area contributed by atoms with Gasteiger partial charge in [-0.1, -0.05) is 62.4 Å². The summed E-state index contributed by atoms with van der Waals surface area (Å²) in [6.45, 7) is 7.98. The third-order valence-electron chi connectivity index (χ3n) is 4.31. The van der Waals surface area contributed by atoms with Gasteiger partial charge in [-0.15, -0.1) is 0 Å². The zero-order chi connectivity index (χ0) is 16.8. The van der Waals surface area contributed by atoms with Crippen molar-refractivity contribution in [2.45, 2.75) is 13.8 Å². The Labute approximate surface area is 143 Å². The summed E-state index contributed by atoms with van der Waals surface area (Å²) >= 11 is 0. The smallest absolute Gasteiger partial charge is 0.221 e. The molecule has 3 rings (SSSR count). The fraction of sp³-hybridized carbons (Fsp3) is 0.286. The Balaban J connectivity index is 1.92. The number of rotatable bonds is 7. The average Bonchev–Trinajstić information content (AvgIpc) is 2.65. The third-order valence-corrected chi connectivity index (χ3v) is 4.31. The van der Waals surface area contributed by atoms with Crippen molar-refractivity contribution in [1.29, 1.82) is 0 Å². The van der Waals surface area contributed by atoms with Crippen LogP contribution < -0.4 is 4.74 Å². The van der Waals surface area contributed by atoms with Gasteiger partial charge in [0.05, 0.1) is 5.52 Å². The van der Waals surface area contributed by atoms with Gasteiger partial charge >= 0.3 is 0 Å². The minimum atomic E-state index is 0.646. The van der Waals surface area contributed by atoms with Crippen LogP contribution in [0.1, 0.15) is 13.8 Å². The second-order valence-corrected chi connectivity index (χ2v) is 5.78. The van der Waals surface area contributed by atoms with E-state index >= 15 is 0 Å². The number of nitrogens with zero attached hydrogens (tertiary/aromatic N) is 2. The van der Waals surface area contributed by atoms with Gasteiger partial charge < -0.3 is 9.64 Å². The van der Waals surface area contributed by atoms with Crippen LogP contribution in [0, 0.1) is 0 Å². The van der Waals surface area contributed by atoms with Crippen LogP contribution in [-0.4, -0.2) is 36.1 Å². The number of fused-ring (bicyclic) bond motifs is 1. The summed E-state index contributed by atoms with van der Waals surface area (Å²) in [5.41, 5.74) is 3.15. The van der Waals surface area contributed by atoms with Crippen molar-refractivity contribution in [2.75, 3.05) is 26.2 Å². The highest BCUT2D eigenvalue weighted by molar-refractivity contribution is 5.86. The molecule has 0 N–H and O–H groups in total. The zero-order valence-corrected chi connectivity index (χ0v) is 14.4. The van der Waals surface area contributed by atoms with Gasteiger partial charge in [0.2, 0.25) is 5.88 Å². The topological polar surface area (TPSA) is 25.4 Å². The standard InChI is InChI=1S/C21H24N2O/c1-3-23(4-2)14-15-24-21-19(17-10-6-5-7-11-17)16-18-12-8-9-13-20(18)22-21/h5-13,16H,3-4,14-15H2,1-2H3. The molecule has 0 amide bonds. The summed E-state index contributed by atoms with van der Waals surface area (Å²) in [4.78, 5) is 7.11. The Bertz CT molecular complexity index is 782. The number of ether oxygens (including phenoxy) is 1. The number of likely N-dealkylation sites (N-methyl/N-ethyl adjacent to an activating group) is 1. The Morgan fingerprint density at radius 1 is 0.917 bits per heavy atom. The summed E-state index contributed by atoms with van der Waals surface area (Å²) < 4.78 is 6.08. The molecule has 0 spiro atoms. The van der Waals surface area contributed by atoms with Crippen molar-refractivity contribution in [2.24, 2.45) is 0 Å². The lowest BCUT2D eigenvalue weighted by molar-refractivity contribution is 0.219. The number of hydrogen-bond acceptors (Lipinski definition) is 3. The van der Waals surface area contributed by atoms with Gasteiger partial charge in [-0.2, -0.15) is 0 Å². The maximum atomic E-state index is 6.08. The van der Waals surface area contributed by atoms with E-state index in [-0.39, 0.29) is 0 Å². The van der Waals surface area contributed by atoms with E-state index in [2.05, 4.69) is 43.0 Å². The average molecular weight is 320 g/mol. The van der Waals surface area contributed by atoms with Crippen LogP contribution in [0.15, 0.2) is 60.7 Å². The fourth-order valence-electron chi connectivity index (χ4n) is 2.84. The molecular formula is C21H24N2O. The Morgan fingerprint density at radius 2 is 1.62 bits per heavy atom. The van der Waals surface area contributed by atoms with E-state index in [0.29, 0.717) is 12.5 Å². The predicted molar refractivity (Wildman–Crippen MR) is 100 cm³/mol. The first-order valence-electron chi connectivity index (χ1n) is 8.62. The Hall–Kier alpha value is -2.39. The van der Waals surface area contributed by atoms with Crippen LogP contribution >= 0.6 is 0 Å². The number of aromatic nitrogens is 1. The number of benzene rings is 2. The SMILES string of the molecule is CCN(CC)CCOc1nc2ccccc2cc1-c1ccccc1. The highest BCUT2D eigenvalue weighted by Gasteiger charge is 2.11. The summed E-state index contributed by atoms with van der Waals surface area (Å²) in [6.07, 6.45) is 0. The van der Waals surface area contributed by atoms with Crippen molar-refractivity contribution in [3.05, 3.63) is 60.7 Å². The zero-order valence-electron chi connectivity index (χ0n) is 14.4. The Kier molecular flexibility index (Phi) is 5.44. The summed E-state index contributed by atoms with van der Waals surface area (Å²) in [7, 11) is 0. The molecule has 0 saturated heterocycles. The summed E-state index contributed by atoms with van der Waals surface area (Å²) in [6, 6.07) is 20.7. The van der Waals surface area contributed by atoms with E-state index in [1.807, 2.05) is 36.4 Å². The van der Waals surface area contributed by atoms with Crippen molar-refractivity contribution >= 4 is 10.9 Å². The summed E-state index contributed by atoms with van der Waals surface area (Å²) in [5, 5.41) is 1.13. The lowest BCUT2D eigenvalue weighted by Gasteiger charge is -2.19. The molecule has 3 nitrogen and oxygen atoms in total. The van der Waals surface area contributed by atoms with Crippen molar-refractivity contribution < 1.29 is 4.74 Å². The molecule has 0 aliphatic carbocycles. The minimum Gasteiger partial charge on any atom is -0.476 e. The molecule has 1 aromatic heterocycles. The fourth-order valence-corrected chi connectivity index (χ4v) is 2.84. The van der Waals surface area contributed by atoms with Gasteiger partial charge in [-0.25, -0.2) is 4.98 Å². The lowest BCUT2D eigenvalue weighted by Crippen LogP contribution is -2.28. The normalized spacial score (nSPS) is 11.1. The molecule has 0 unspecified atom stereocenters. The molecular weight excluding hydrogens is 296 g/mol. The second kappa shape index (κ2) is 7.93. The molecule has 2 aromatic carbocycles. The first-order chi connectivity index (χ1) is 11.8. The van der Waals surface area contributed by atoms with Crippen LogP contribution in [0.4, 0.5) is 0 Å². The van der Waals surface area contributed by atoms with Gasteiger partial charge in [0.15, 0.2) is 0 Å². The van der Waals surface area contributed by atoms with Crippen molar-refractivity contribution in [3.63, 3.8) is 0 Å². The molecule has 0 atom stereocenters. The molecule has 0 aliphatic heterocycles. The lowest BCUT2D eigenvalue weighted by atomic mass is 10.0. The second-order valence-electron chi connectivity index (χ2n) is 5.78. The van der Waals surface area contributed by atoms with E-state index < -0.39 is 0 Å². The first-order valence-corrected chi connectivity index (χ1v) is 8.62. The predicted octanol–water partition coefficient (Wildman–Crippen LogP) is 4.62. The molecule has 24 heavy (non-hydrogen) atoms. The Morgan fingerprint density at radius 3 is 2.38 bits per heavy atom. The number of para-hydroxylation sites is 1. The highest BCUT2D eigenvalue weighted by atomic mass is 16.5. The molecule has 0 radical (unpaired) electrons. The highest BCUT2D eigenvalue weighted by Crippen LogP contribution is 2.31. The van der Waals surface area contributed by atoms with Gasteiger partial charge in [-0.3, -0.25) is 0 Å². The van der Waals surface area contributed by atoms with E-state index in [4.69, 9.17) is 9.72 Å². The quantitative estimate of drug-likeness (QED) is 0.635. The molecule has 124 valence electrons. The maximum Gasteiger partial charge on any atom is 0.221 e. The largest absolute Gasteiger partial charge is 0.476 e. The van der Waals surface area contributed by atoms with Crippen molar-refractivity contribution in [1.82, 2.24) is 9.88 Å². The molecule has 0 saturated carbocycles. The first kappa shape index (κ1) is 16.5. The van der Waals surface area contributed by atoms with Crippen LogP contribution in [0.5, 0.6) is 5.88 Å². The molecule has 3 heteroatoms. The third kappa shape index (κ3) is 3.74. The number of pyridine rings is 1. The van der Waals surface area contributed by atoms with Crippen LogP contribution in [0.3, 0.4) is 0 Å². The maximum absolute atomic E-state index is 6.08. The van der Waals surface area contributed by atoms with Crippen molar-refractivity contribution in [3.8, 4) is 17.0 Å². The van der Waals surface area contributed by atoms with E-state index in [9.17, 15) is 0 Å². The van der Waals surface area contributed by atoms with Gasteiger partial charge in [0, 0.05) is 17.5 Å². The van der Waals surface area contributed by atoms with E-state index in [0.717, 1.165) is 41.7 Å². The molecule has 0 fully saturated rings. The molecule has 1 heterocycles. The minimum absolute atomic E-state index is 0.646. The van der Waals surface area contributed by atoms with Gasteiger partial charge in [0.1, 0.15) is 6.61 Å². The van der Waals surface area contributed by atoms with Gasteiger partial charge in [-0.05, 0) is 30.8 Å². The van der Waals surface area contributed by atoms with E-state index in [1.54, 1.807) is 0 Å². The van der Waals surface area contributed by atoms with Crippen LogP contribution in [-0.2, 0) is 0 Å². The molecule has 0 bridgehead atoms. The number of hydrogen-bond donors (Lipinski definition) is 0. The molecule has 3 aromatic rings. The van der Waals surface area contributed by atoms with Crippen LogP contribution in [0.25, 0.3) is 22.0 Å². The van der Waals surface area contributed by atoms with Crippen LogP contribution in [0.2, 0.25) is 0 Å².